The van der Waals surface area contributed by atoms with Gasteiger partial charge in [0.25, 0.3) is 0 Å². The van der Waals surface area contributed by atoms with Crippen LogP contribution in [0.15, 0.2) is 69.7 Å². The lowest BCUT2D eigenvalue weighted by molar-refractivity contribution is 0.992. The highest BCUT2D eigenvalue weighted by Gasteiger charge is 2.18. The van der Waals surface area contributed by atoms with Gasteiger partial charge in [0.2, 0.25) is 0 Å². The highest BCUT2D eigenvalue weighted by atomic mass is 35.5. The summed E-state index contributed by atoms with van der Waals surface area (Å²) in [6, 6.07) is 0. The van der Waals surface area contributed by atoms with E-state index in [1.54, 1.807) is 0 Å². The third kappa shape index (κ3) is 3.70. The van der Waals surface area contributed by atoms with Crippen LogP contribution in [0.25, 0.3) is 0 Å². The van der Waals surface area contributed by atoms with E-state index in [2.05, 4.69) is 11.5 Å². The van der Waals surface area contributed by atoms with Crippen molar-refractivity contribution in [2.75, 3.05) is 0 Å². The largest absolute Gasteiger partial charge is 0.185 e. The van der Waals surface area contributed by atoms with Gasteiger partial charge >= 0.3 is 0 Å². The van der Waals surface area contributed by atoms with Gasteiger partial charge in [0.15, 0.2) is 0 Å². The molecule has 0 N–H and O–H groups in total. The molecule has 0 bridgehead atoms. The SMILES string of the molecule is CC1(Cl)C=CC(Cl)=C(C2=C(SC#N)C=CCC=C2)C=C1. The summed E-state index contributed by atoms with van der Waals surface area (Å²) < 4.78 is 0. The van der Waals surface area contributed by atoms with Gasteiger partial charge in [-0.15, -0.1) is 11.6 Å². The summed E-state index contributed by atoms with van der Waals surface area (Å²) in [6.07, 6.45) is 16.4. The summed E-state index contributed by atoms with van der Waals surface area (Å²) in [5, 5.41) is 11.7. The van der Waals surface area contributed by atoms with E-state index in [9.17, 15) is 0 Å². The molecule has 2 aliphatic rings. The van der Waals surface area contributed by atoms with Crippen LogP contribution in [0.2, 0.25) is 0 Å². The lowest BCUT2D eigenvalue weighted by atomic mass is 10.0. The van der Waals surface area contributed by atoms with E-state index in [0.29, 0.717) is 5.03 Å². The van der Waals surface area contributed by atoms with Crippen molar-refractivity contribution in [3.63, 3.8) is 0 Å². The number of thiocyanates is 1. The fourth-order valence-corrected chi connectivity index (χ4v) is 2.80. The lowest BCUT2D eigenvalue weighted by Crippen LogP contribution is -2.06. The average Bonchev–Trinajstić information content (AvgIpc) is 2.69. The molecule has 0 radical (unpaired) electrons. The zero-order valence-electron chi connectivity index (χ0n) is 10.9. The molecule has 0 aliphatic heterocycles. The summed E-state index contributed by atoms with van der Waals surface area (Å²) in [5.74, 6) is 0. The fourth-order valence-electron chi connectivity index (χ4n) is 1.90. The molecule has 0 aromatic heterocycles. The molecule has 2 rings (SSSR count). The van der Waals surface area contributed by atoms with Gasteiger partial charge in [0.05, 0.1) is 4.87 Å². The first kappa shape index (κ1) is 15.3. The van der Waals surface area contributed by atoms with Crippen LogP contribution in [0.4, 0.5) is 0 Å². The van der Waals surface area contributed by atoms with Gasteiger partial charge in [0, 0.05) is 15.5 Å². The Morgan fingerprint density at radius 3 is 2.60 bits per heavy atom. The maximum atomic E-state index is 8.95. The number of halogens is 2. The van der Waals surface area contributed by atoms with Gasteiger partial charge in [0.1, 0.15) is 5.40 Å². The zero-order chi connectivity index (χ0) is 14.6. The standard InChI is InChI=1S/C16H13Cl2NS/c1-16(18)9-7-12(14(17)8-10-16)13-5-3-2-4-6-15(13)20-11-19/h3-10H,2H2,1H3. The average molecular weight is 322 g/mol. The van der Waals surface area contributed by atoms with E-state index >= 15 is 0 Å². The molecule has 0 saturated carbocycles. The quantitative estimate of drug-likeness (QED) is 0.489. The Balaban J connectivity index is 2.55. The molecule has 0 aromatic carbocycles. The summed E-state index contributed by atoms with van der Waals surface area (Å²) in [5.41, 5.74) is 1.83. The van der Waals surface area contributed by atoms with Gasteiger partial charge in [-0.3, -0.25) is 0 Å². The van der Waals surface area contributed by atoms with Crippen LogP contribution < -0.4 is 0 Å². The molecule has 102 valence electrons. The summed E-state index contributed by atoms with van der Waals surface area (Å²) >= 11 is 13.8. The Labute approximate surface area is 133 Å². The van der Waals surface area contributed by atoms with Crippen molar-refractivity contribution >= 4 is 35.0 Å². The highest BCUT2D eigenvalue weighted by Crippen LogP contribution is 2.35. The number of nitrogens with zero attached hydrogens (tertiary/aromatic N) is 1. The van der Waals surface area contributed by atoms with Crippen molar-refractivity contribution < 1.29 is 0 Å². The zero-order valence-corrected chi connectivity index (χ0v) is 13.3. The molecular weight excluding hydrogens is 309 g/mol. The topological polar surface area (TPSA) is 23.8 Å². The number of alkyl halides is 1. The molecule has 1 nitrogen and oxygen atoms in total. The molecule has 0 spiro atoms. The van der Waals surface area contributed by atoms with E-state index in [1.165, 1.54) is 0 Å². The van der Waals surface area contributed by atoms with E-state index in [1.807, 2.05) is 49.5 Å². The number of hydrogen-bond donors (Lipinski definition) is 0. The van der Waals surface area contributed by atoms with E-state index in [4.69, 9.17) is 28.5 Å². The number of hydrogen-bond acceptors (Lipinski definition) is 2. The van der Waals surface area contributed by atoms with Crippen LogP contribution in [-0.4, -0.2) is 4.87 Å². The van der Waals surface area contributed by atoms with E-state index in [-0.39, 0.29) is 0 Å². The van der Waals surface area contributed by atoms with Crippen molar-refractivity contribution in [3.05, 3.63) is 69.7 Å². The normalized spacial score (nSPS) is 25.7. The van der Waals surface area contributed by atoms with Gasteiger partial charge in [-0.05, 0) is 36.8 Å². The Kier molecular flexibility index (Phi) is 4.99. The molecule has 20 heavy (non-hydrogen) atoms. The monoisotopic (exact) mass is 321 g/mol. The van der Waals surface area contributed by atoms with Crippen LogP contribution in [0.3, 0.4) is 0 Å². The minimum atomic E-state index is -0.546. The van der Waals surface area contributed by atoms with E-state index < -0.39 is 4.87 Å². The minimum Gasteiger partial charge on any atom is -0.185 e. The second kappa shape index (κ2) is 6.54. The Bertz CT molecular complexity index is 625. The molecule has 0 amide bonds. The van der Waals surface area contributed by atoms with Crippen molar-refractivity contribution in [2.24, 2.45) is 0 Å². The number of allylic oxidation sites excluding steroid dienone is 11. The molecule has 0 aromatic rings. The molecular formula is C16H13Cl2NS. The maximum absolute atomic E-state index is 8.95. The second-order valence-electron chi connectivity index (χ2n) is 4.59. The molecule has 2 aliphatic carbocycles. The number of nitriles is 1. The number of thioether (sulfide) groups is 1. The fraction of sp³-hybridized carbons (Fsp3) is 0.188. The molecule has 1 atom stereocenters. The predicted molar refractivity (Wildman–Crippen MR) is 88.5 cm³/mol. The smallest absolute Gasteiger partial charge is 0.138 e. The molecule has 0 fully saturated rings. The minimum absolute atomic E-state index is 0.546. The van der Waals surface area contributed by atoms with Crippen LogP contribution in [-0.2, 0) is 0 Å². The second-order valence-corrected chi connectivity index (χ2v) is 6.64. The van der Waals surface area contributed by atoms with Crippen LogP contribution >= 0.6 is 35.0 Å². The Morgan fingerprint density at radius 2 is 1.85 bits per heavy atom. The first-order valence-electron chi connectivity index (χ1n) is 6.14. The van der Waals surface area contributed by atoms with Crippen LogP contribution in [0.5, 0.6) is 0 Å². The maximum Gasteiger partial charge on any atom is 0.138 e. The summed E-state index contributed by atoms with van der Waals surface area (Å²) in [7, 11) is 0. The van der Waals surface area contributed by atoms with Crippen molar-refractivity contribution in [2.45, 2.75) is 18.2 Å². The van der Waals surface area contributed by atoms with E-state index in [0.717, 1.165) is 34.2 Å². The molecule has 4 heteroatoms. The first-order chi connectivity index (χ1) is 9.53. The van der Waals surface area contributed by atoms with Crippen molar-refractivity contribution in [1.82, 2.24) is 0 Å². The Hall–Kier alpha value is -1.14. The molecule has 1 unspecified atom stereocenters. The summed E-state index contributed by atoms with van der Waals surface area (Å²) in [4.78, 5) is 0.348. The highest BCUT2D eigenvalue weighted by molar-refractivity contribution is 8.07. The number of rotatable bonds is 2. The molecule has 0 heterocycles. The first-order valence-corrected chi connectivity index (χ1v) is 7.71. The van der Waals surface area contributed by atoms with Crippen molar-refractivity contribution in [1.29, 1.82) is 5.26 Å². The van der Waals surface area contributed by atoms with Gasteiger partial charge in [-0.1, -0.05) is 54.1 Å². The third-order valence-electron chi connectivity index (χ3n) is 2.93. The van der Waals surface area contributed by atoms with Crippen LogP contribution in [0, 0.1) is 10.7 Å². The van der Waals surface area contributed by atoms with Gasteiger partial charge < -0.3 is 0 Å². The van der Waals surface area contributed by atoms with Crippen LogP contribution in [0.1, 0.15) is 13.3 Å². The van der Waals surface area contributed by atoms with Gasteiger partial charge in [-0.2, -0.15) is 5.26 Å². The lowest BCUT2D eigenvalue weighted by Gasteiger charge is -2.10. The summed E-state index contributed by atoms with van der Waals surface area (Å²) in [6.45, 7) is 1.90. The molecule has 0 saturated heterocycles. The Morgan fingerprint density at radius 1 is 1.15 bits per heavy atom. The van der Waals surface area contributed by atoms with Gasteiger partial charge in [-0.25, -0.2) is 0 Å². The third-order valence-corrected chi connectivity index (χ3v) is 4.17. The van der Waals surface area contributed by atoms with Crippen molar-refractivity contribution in [3.8, 4) is 5.40 Å². The predicted octanol–water partition coefficient (Wildman–Crippen LogP) is 5.59.